The van der Waals surface area contributed by atoms with Gasteiger partial charge in [0.25, 0.3) is 5.91 Å². The van der Waals surface area contributed by atoms with Crippen LogP contribution in [-0.2, 0) is 34.1 Å². The van der Waals surface area contributed by atoms with Gasteiger partial charge in [-0.3, -0.25) is 14.5 Å². The Morgan fingerprint density at radius 3 is 2.52 bits per heavy atom. The largest absolute Gasteiger partial charge is 0.492 e. The van der Waals surface area contributed by atoms with E-state index in [1.807, 2.05) is 23.1 Å². The number of likely N-dealkylation sites (N-methyl/N-ethyl adjacent to an activating group) is 1. The molecule has 2 spiro atoms. The SMILES string of the molecule is COC(=O)C1=C(C(=O)OC)C2([C@@H]3CN(C)[C@]4(C(=O)Nc5ccccc54)[C@]34COc3ccccc3C4=O)C=CC1O2. The maximum Gasteiger partial charge on any atom is 0.337 e. The molecule has 5 aliphatic heterocycles. The minimum Gasteiger partial charge on any atom is -0.492 e. The Morgan fingerprint density at radius 2 is 1.75 bits per heavy atom. The highest BCUT2D eigenvalue weighted by molar-refractivity contribution is 6.15. The minimum atomic E-state index is -1.57. The van der Waals surface area contributed by atoms with Crippen LogP contribution in [0.2, 0.25) is 0 Å². The number of ether oxygens (including phenoxy) is 4. The summed E-state index contributed by atoms with van der Waals surface area (Å²) in [5.74, 6) is -2.61. The fraction of sp³-hybridized carbons (Fsp3) is 0.333. The number of fused-ring (bicyclic) bond motifs is 6. The number of hydrogen-bond acceptors (Lipinski definition) is 9. The zero-order chi connectivity index (χ0) is 28.0. The fourth-order valence-corrected chi connectivity index (χ4v) is 7.77. The summed E-state index contributed by atoms with van der Waals surface area (Å²) in [7, 11) is 4.22. The van der Waals surface area contributed by atoms with Crippen LogP contribution in [-0.4, -0.2) is 74.7 Å². The van der Waals surface area contributed by atoms with E-state index in [1.54, 1.807) is 49.5 Å². The Labute approximate surface area is 229 Å². The van der Waals surface area contributed by atoms with Crippen LogP contribution in [0.15, 0.2) is 71.8 Å². The van der Waals surface area contributed by atoms with Gasteiger partial charge < -0.3 is 24.3 Å². The Morgan fingerprint density at radius 1 is 1.02 bits per heavy atom. The van der Waals surface area contributed by atoms with Crippen molar-refractivity contribution in [3.05, 3.63) is 83.0 Å². The molecule has 2 aromatic rings. The molecule has 5 heterocycles. The van der Waals surface area contributed by atoms with Crippen molar-refractivity contribution in [1.82, 2.24) is 4.90 Å². The number of amides is 1. The Bertz CT molecular complexity index is 1600. The molecule has 0 aromatic heterocycles. The maximum atomic E-state index is 15.0. The Balaban J connectivity index is 1.54. The van der Waals surface area contributed by atoms with Crippen molar-refractivity contribution >= 4 is 29.3 Å². The van der Waals surface area contributed by atoms with Crippen molar-refractivity contribution in [1.29, 1.82) is 0 Å². The van der Waals surface area contributed by atoms with Crippen molar-refractivity contribution in [2.45, 2.75) is 17.2 Å². The lowest BCUT2D eigenvalue weighted by molar-refractivity contribution is -0.141. The first-order chi connectivity index (χ1) is 19.3. The predicted molar refractivity (Wildman–Crippen MR) is 139 cm³/mol. The number of ketones is 1. The van der Waals surface area contributed by atoms with Gasteiger partial charge in [-0.15, -0.1) is 0 Å². The fourth-order valence-electron chi connectivity index (χ4n) is 7.77. The second-order valence-electron chi connectivity index (χ2n) is 10.7. The van der Waals surface area contributed by atoms with Crippen molar-refractivity contribution in [2.24, 2.45) is 11.3 Å². The summed E-state index contributed by atoms with van der Waals surface area (Å²) in [6.07, 6.45) is 2.52. The number of rotatable bonds is 3. The molecule has 1 N–H and O–H groups in total. The van der Waals surface area contributed by atoms with Crippen LogP contribution in [0.3, 0.4) is 0 Å². The van der Waals surface area contributed by atoms with Crippen LogP contribution in [0.25, 0.3) is 0 Å². The summed E-state index contributed by atoms with van der Waals surface area (Å²) in [5, 5.41) is 2.99. The number of para-hydroxylation sites is 2. The lowest BCUT2D eigenvalue weighted by atomic mass is 9.54. The summed E-state index contributed by atoms with van der Waals surface area (Å²) in [5.41, 5.74) is -3.09. The number of carbonyl (C=O) groups excluding carboxylic acids is 4. The number of anilines is 1. The topological polar surface area (TPSA) is 120 Å². The highest BCUT2D eigenvalue weighted by Gasteiger charge is 2.79. The van der Waals surface area contributed by atoms with Crippen LogP contribution >= 0.6 is 0 Å². The monoisotopic (exact) mass is 542 g/mol. The van der Waals surface area contributed by atoms with Gasteiger partial charge in [-0.05, 0) is 31.3 Å². The van der Waals surface area contributed by atoms with Gasteiger partial charge in [-0.25, -0.2) is 9.59 Å². The van der Waals surface area contributed by atoms with E-state index in [9.17, 15) is 19.2 Å². The number of methoxy groups -OCH3 is 2. The molecule has 0 saturated carbocycles. The molecular formula is C30H26N2O8. The zero-order valence-electron chi connectivity index (χ0n) is 22.1. The van der Waals surface area contributed by atoms with Crippen molar-refractivity contribution < 1.29 is 38.1 Å². The highest BCUT2D eigenvalue weighted by Crippen LogP contribution is 2.67. The second kappa shape index (κ2) is 8.12. The number of Topliss-reactive ketones (excluding diaryl/α,β-unsaturated/α-hetero) is 1. The van der Waals surface area contributed by atoms with Crippen LogP contribution in [0.4, 0.5) is 5.69 Å². The van der Waals surface area contributed by atoms with E-state index in [1.165, 1.54) is 14.2 Å². The molecule has 40 heavy (non-hydrogen) atoms. The molecule has 1 saturated heterocycles. The first-order valence-corrected chi connectivity index (χ1v) is 12.9. The maximum absolute atomic E-state index is 15.0. The van der Waals surface area contributed by atoms with E-state index >= 15 is 0 Å². The van der Waals surface area contributed by atoms with E-state index in [2.05, 4.69) is 5.32 Å². The molecule has 0 aliphatic carbocycles. The van der Waals surface area contributed by atoms with Gasteiger partial charge >= 0.3 is 11.9 Å². The summed E-state index contributed by atoms with van der Waals surface area (Å²) >= 11 is 0. The third kappa shape index (κ3) is 2.61. The molecule has 2 bridgehead atoms. The average Bonchev–Trinajstić information content (AvgIpc) is 3.70. The van der Waals surface area contributed by atoms with E-state index < -0.39 is 40.5 Å². The molecule has 2 aromatic carbocycles. The van der Waals surface area contributed by atoms with Gasteiger partial charge in [0.2, 0.25) is 0 Å². The lowest BCUT2D eigenvalue weighted by Crippen LogP contribution is -2.65. The number of nitrogens with one attached hydrogen (secondary N) is 1. The highest BCUT2D eigenvalue weighted by atomic mass is 16.6. The van der Waals surface area contributed by atoms with Gasteiger partial charge in [-0.1, -0.05) is 36.4 Å². The summed E-state index contributed by atoms with van der Waals surface area (Å²) < 4.78 is 23.0. The number of likely N-dealkylation sites (tertiary alicyclic amines) is 1. The van der Waals surface area contributed by atoms with E-state index in [0.29, 0.717) is 22.6 Å². The molecule has 2 unspecified atom stereocenters. The quantitative estimate of drug-likeness (QED) is 0.459. The van der Waals surface area contributed by atoms with Crippen LogP contribution in [0.1, 0.15) is 15.9 Å². The third-order valence-electron chi connectivity index (χ3n) is 9.25. The number of nitrogens with zero attached hydrogens (tertiary/aromatic N) is 1. The van der Waals surface area contributed by atoms with Crippen LogP contribution < -0.4 is 10.1 Å². The second-order valence-corrected chi connectivity index (χ2v) is 10.7. The molecule has 204 valence electrons. The number of benzene rings is 2. The molecule has 5 aliphatic rings. The first kappa shape index (κ1) is 24.7. The molecule has 10 heteroatoms. The van der Waals surface area contributed by atoms with E-state index in [0.717, 1.165) is 0 Å². The molecule has 10 nitrogen and oxygen atoms in total. The zero-order valence-corrected chi connectivity index (χ0v) is 22.1. The van der Waals surface area contributed by atoms with Gasteiger partial charge in [0.15, 0.2) is 5.78 Å². The van der Waals surface area contributed by atoms with Crippen LogP contribution in [0, 0.1) is 11.3 Å². The van der Waals surface area contributed by atoms with Crippen molar-refractivity contribution in [3.63, 3.8) is 0 Å². The van der Waals surface area contributed by atoms with Gasteiger partial charge in [0.05, 0.1) is 30.9 Å². The molecule has 1 fully saturated rings. The smallest absolute Gasteiger partial charge is 0.337 e. The van der Waals surface area contributed by atoms with Crippen LogP contribution in [0.5, 0.6) is 5.75 Å². The van der Waals surface area contributed by atoms with Gasteiger partial charge in [0, 0.05) is 23.7 Å². The standard InChI is InChI=1S/C30H26N2O8/c1-32-14-21(29-13-12-20(40-29)22(25(34)37-2)23(29)26(35)38-3)28(15-39-19-11-7-4-8-16(19)24(28)33)30(32)17-9-5-6-10-18(17)31-27(30)36/h4-13,20-21H,14-15H2,1-3H3,(H,31,36)/t20?,21-,28-,29?,30-/m1/s1. The first-order valence-electron chi connectivity index (χ1n) is 12.9. The van der Waals surface area contributed by atoms with Crippen molar-refractivity contribution in [3.8, 4) is 5.75 Å². The summed E-state index contributed by atoms with van der Waals surface area (Å²) in [6.45, 7) is -0.00371. The Hall–Kier alpha value is -4.28. The summed E-state index contributed by atoms with van der Waals surface area (Å²) in [6, 6.07) is 14.2. The minimum absolute atomic E-state index is 0.0245. The Kier molecular flexibility index (Phi) is 5.02. The summed E-state index contributed by atoms with van der Waals surface area (Å²) in [4.78, 5) is 57.4. The number of hydrogen-bond donors (Lipinski definition) is 1. The number of esters is 2. The lowest BCUT2D eigenvalue weighted by Gasteiger charge is -2.50. The average molecular weight is 543 g/mol. The predicted octanol–water partition coefficient (Wildman–Crippen LogP) is 2.01. The van der Waals surface area contributed by atoms with Gasteiger partial charge in [0.1, 0.15) is 35.0 Å². The normalized spacial score (nSPS) is 33.3. The third-order valence-corrected chi connectivity index (χ3v) is 9.25. The van der Waals surface area contributed by atoms with Crippen molar-refractivity contribution in [2.75, 3.05) is 39.7 Å². The van der Waals surface area contributed by atoms with E-state index in [-0.39, 0.29) is 36.0 Å². The molecule has 7 rings (SSSR count). The number of carbonyl (C=O) groups is 4. The molecular weight excluding hydrogens is 516 g/mol. The molecule has 1 amide bonds. The van der Waals surface area contributed by atoms with E-state index in [4.69, 9.17) is 18.9 Å². The van der Waals surface area contributed by atoms with Gasteiger partial charge in [-0.2, -0.15) is 0 Å². The molecule has 0 radical (unpaired) electrons. The molecule has 5 atom stereocenters.